The number of aliphatic carboxylic acids is 1. The van der Waals surface area contributed by atoms with Crippen molar-refractivity contribution in [3.05, 3.63) is 0 Å². The first-order valence-electron chi connectivity index (χ1n) is 4.99. The quantitative estimate of drug-likeness (QED) is 0.626. The van der Waals surface area contributed by atoms with Gasteiger partial charge < -0.3 is 5.11 Å². The maximum absolute atomic E-state index is 13.5. The van der Waals surface area contributed by atoms with Gasteiger partial charge in [0.15, 0.2) is 0 Å². The number of carboxylic acids is 1. The molecule has 1 N–H and O–H groups in total. The molecule has 0 bridgehead atoms. The Morgan fingerprint density at radius 1 is 1.31 bits per heavy atom. The maximum Gasteiger partial charge on any atom is 0.341 e. The molecule has 1 unspecified atom stereocenters. The van der Waals surface area contributed by atoms with Crippen LogP contribution in [0.5, 0.6) is 0 Å². The molecule has 78 valence electrons. The van der Waals surface area contributed by atoms with E-state index in [0.29, 0.717) is 6.42 Å². The zero-order chi connectivity index (χ0) is 10.3. The molecule has 0 saturated carbocycles. The Morgan fingerprint density at radius 2 is 1.92 bits per heavy atom. The van der Waals surface area contributed by atoms with Crippen molar-refractivity contribution in [2.75, 3.05) is 0 Å². The Labute approximate surface area is 79.1 Å². The van der Waals surface area contributed by atoms with E-state index in [0.717, 1.165) is 19.3 Å². The molecule has 0 rings (SSSR count). The summed E-state index contributed by atoms with van der Waals surface area (Å²) in [4.78, 5) is 10.5. The number of carboxylic acid groups (broad SMARTS) is 1. The van der Waals surface area contributed by atoms with Crippen LogP contribution in [0.3, 0.4) is 0 Å². The Hall–Kier alpha value is -0.600. The molecule has 1 atom stereocenters. The predicted octanol–water partition coefficient (Wildman–Crippen LogP) is 3.16. The van der Waals surface area contributed by atoms with Gasteiger partial charge >= 0.3 is 5.97 Å². The van der Waals surface area contributed by atoms with E-state index in [2.05, 4.69) is 6.92 Å². The van der Waals surface area contributed by atoms with Gasteiger partial charge in [0.25, 0.3) is 0 Å². The molecule has 0 saturated heterocycles. The van der Waals surface area contributed by atoms with Crippen LogP contribution in [0, 0.1) is 0 Å². The second-order valence-corrected chi connectivity index (χ2v) is 3.43. The van der Waals surface area contributed by atoms with Crippen molar-refractivity contribution < 1.29 is 14.3 Å². The summed E-state index contributed by atoms with van der Waals surface area (Å²) < 4.78 is 13.5. The molecule has 0 aromatic heterocycles. The van der Waals surface area contributed by atoms with E-state index in [1.165, 1.54) is 0 Å². The first kappa shape index (κ1) is 12.4. The lowest BCUT2D eigenvalue weighted by Crippen LogP contribution is -2.32. The van der Waals surface area contributed by atoms with Crippen LogP contribution in [0.2, 0.25) is 0 Å². The minimum Gasteiger partial charge on any atom is -0.479 e. The van der Waals surface area contributed by atoms with Crippen molar-refractivity contribution in [3.63, 3.8) is 0 Å². The SMILES string of the molecule is CCCCCCC(F)(CC)C(=O)O. The third kappa shape index (κ3) is 4.25. The van der Waals surface area contributed by atoms with Crippen molar-refractivity contribution in [1.29, 1.82) is 0 Å². The Bertz CT molecular complexity index is 159. The summed E-state index contributed by atoms with van der Waals surface area (Å²) in [6.45, 7) is 3.65. The highest BCUT2D eigenvalue weighted by molar-refractivity contribution is 5.77. The summed E-state index contributed by atoms with van der Waals surface area (Å²) in [6.07, 6.45) is 3.95. The summed E-state index contributed by atoms with van der Waals surface area (Å²) >= 11 is 0. The van der Waals surface area contributed by atoms with E-state index in [1.807, 2.05) is 0 Å². The molecular formula is C10H19FO2. The van der Waals surface area contributed by atoms with Crippen LogP contribution in [-0.2, 0) is 4.79 Å². The summed E-state index contributed by atoms with van der Waals surface area (Å²) in [6, 6.07) is 0. The molecule has 13 heavy (non-hydrogen) atoms. The van der Waals surface area contributed by atoms with Gasteiger partial charge in [-0.1, -0.05) is 33.1 Å². The molecule has 0 spiro atoms. The summed E-state index contributed by atoms with van der Waals surface area (Å²) in [7, 11) is 0. The second-order valence-electron chi connectivity index (χ2n) is 3.43. The third-order valence-electron chi connectivity index (χ3n) is 2.37. The number of halogens is 1. The van der Waals surface area contributed by atoms with Crippen LogP contribution in [0.25, 0.3) is 0 Å². The van der Waals surface area contributed by atoms with E-state index in [9.17, 15) is 9.18 Å². The molecular weight excluding hydrogens is 171 g/mol. The third-order valence-corrected chi connectivity index (χ3v) is 2.37. The van der Waals surface area contributed by atoms with Gasteiger partial charge in [0.05, 0.1) is 0 Å². The molecule has 0 aromatic rings. The average Bonchev–Trinajstić information content (AvgIpc) is 2.12. The first-order chi connectivity index (χ1) is 6.06. The maximum atomic E-state index is 13.5. The standard InChI is InChI=1S/C10H19FO2/c1-3-5-6-7-8-10(11,4-2)9(12)13/h3-8H2,1-2H3,(H,12,13). The van der Waals surface area contributed by atoms with Gasteiger partial charge in [-0.15, -0.1) is 0 Å². The van der Waals surface area contributed by atoms with Crippen molar-refractivity contribution in [2.24, 2.45) is 0 Å². The fraction of sp³-hybridized carbons (Fsp3) is 0.900. The fourth-order valence-corrected chi connectivity index (χ4v) is 1.27. The van der Waals surface area contributed by atoms with Gasteiger partial charge in [0.2, 0.25) is 5.67 Å². The van der Waals surface area contributed by atoms with Crippen LogP contribution in [0.4, 0.5) is 4.39 Å². The van der Waals surface area contributed by atoms with Crippen LogP contribution in [-0.4, -0.2) is 16.7 Å². The van der Waals surface area contributed by atoms with Crippen molar-refractivity contribution in [1.82, 2.24) is 0 Å². The van der Waals surface area contributed by atoms with E-state index in [-0.39, 0.29) is 12.8 Å². The summed E-state index contributed by atoms with van der Waals surface area (Å²) in [5, 5.41) is 8.61. The Morgan fingerprint density at radius 3 is 2.31 bits per heavy atom. The minimum absolute atomic E-state index is 0.0639. The molecule has 0 fully saturated rings. The number of hydrogen-bond donors (Lipinski definition) is 1. The van der Waals surface area contributed by atoms with Gasteiger partial charge in [-0.25, -0.2) is 9.18 Å². The minimum atomic E-state index is -1.99. The van der Waals surface area contributed by atoms with Gasteiger partial charge in [0.1, 0.15) is 0 Å². The number of carbonyl (C=O) groups is 1. The van der Waals surface area contributed by atoms with Crippen LogP contribution in [0.15, 0.2) is 0 Å². The molecule has 3 heteroatoms. The zero-order valence-corrected chi connectivity index (χ0v) is 8.48. The van der Waals surface area contributed by atoms with Gasteiger partial charge in [-0.3, -0.25) is 0 Å². The van der Waals surface area contributed by atoms with Crippen molar-refractivity contribution in [2.45, 2.75) is 58.0 Å². The van der Waals surface area contributed by atoms with E-state index in [4.69, 9.17) is 5.11 Å². The first-order valence-corrected chi connectivity index (χ1v) is 4.99. The van der Waals surface area contributed by atoms with Crippen LogP contribution >= 0.6 is 0 Å². The molecule has 0 heterocycles. The molecule has 0 amide bonds. The molecule has 0 aliphatic carbocycles. The molecule has 2 nitrogen and oxygen atoms in total. The largest absolute Gasteiger partial charge is 0.479 e. The fourth-order valence-electron chi connectivity index (χ4n) is 1.27. The van der Waals surface area contributed by atoms with Gasteiger partial charge in [-0.05, 0) is 19.3 Å². The van der Waals surface area contributed by atoms with Crippen molar-refractivity contribution >= 4 is 5.97 Å². The van der Waals surface area contributed by atoms with Crippen molar-refractivity contribution in [3.8, 4) is 0 Å². The number of rotatable bonds is 7. The zero-order valence-electron chi connectivity index (χ0n) is 8.48. The summed E-state index contributed by atoms with van der Waals surface area (Å²) in [5.74, 6) is -1.31. The average molecular weight is 190 g/mol. The van der Waals surface area contributed by atoms with Gasteiger partial charge in [0, 0.05) is 0 Å². The molecule has 0 radical (unpaired) electrons. The van der Waals surface area contributed by atoms with Gasteiger partial charge in [-0.2, -0.15) is 0 Å². The molecule has 0 aliphatic rings. The Balaban J connectivity index is 3.78. The highest BCUT2D eigenvalue weighted by Crippen LogP contribution is 2.24. The van der Waals surface area contributed by atoms with Crippen LogP contribution < -0.4 is 0 Å². The lowest BCUT2D eigenvalue weighted by atomic mass is 9.95. The monoisotopic (exact) mass is 190 g/mol. The summed E-state index contributed by atoms with van der Waals surface area (Å²) in [5.41, 5.74) is -1.99. The van der Waals surface area contributed by atoms with E-state index < -0.39 is 11.6 Å². The lowest BCUT2D eigenvalue weighted by Gasteiger charge is -2.17. The van der Waals surface area contributed by atoms with E-state index >= 15 is 0 Å². The highest BCUT2D eigenvalue weighted by atomic mass is 19.1. The normalized spacial score (nSPS) is 15.3. The number of unbranched alkanes of at least 4 members (excludes halogenated alkanes) is 3. The van der Waals surface area contributed by atoms with E-state index in [1.54, 1.807) is 6.92 Å². The van der Waals surface area contributed by atoms with Crippen LogP contribution in [0.1, 0.15) is 52.4 Å². The Kier molecular flexibility index (Phi) is 5.67. The number of hydrogen-bond acceptors (Lipinski definition) is 1. The highest BCUT2D eigenvalue weighted by Gasteiger charge is 2.35. The molecule has 0 aliphatic heterocycles. The predicted molar refractivity (Wildman–Crippen MR) is 50.5 cm³/mol. The number of alkyl halides is 1. The smallest absolute Gasteiger partial charge is 0.341 e. The topological polar surface area (TPSA) is 37.3 Å². The lowest BCUT2D eigenvalue weighted by molar-refractivity contribution is -0.151. The second kappa shape index (κ2) is 5.95. The molecule has 0 aromatic carbocycles.